The van der Waals surface area contributed by atoms with Crippen molar-refractivity contribution in [3.8, 4) is 0 Å². The first-order valence-corrected chi connectivity index (χ1v) is 16.0. The third-order valence-electron chi connectivity index (χ3n) is 7.73. The lowest BCUT2D eigenvalue weighted by Gasteiger charge is -2.16. The molecule has 0 saturated carbocycles. The van der Waals surface area contributed by atoms with Crippen LogP contribution in [-0.4, -0.2) is 5.91 Å². The summed E-state index contributed by atoms with van der Waals surface area (Å²) < 4.78 is 0. The summed E-state index contributed by atoms with van der Waals surface area (Å²) in [4.78, 5) is 11.3. The molecule has 0 aliphatic heterocycles. The average Bonchev–Trinajstić information content (AvgIpc) is 2.83. The van der Waals surface area contributed by atoms with Gasteiger partial charge >= 0.3 is 0 Å². The molecule has 0 saturated heterocycles. The molecule has 0 aliphatic rings. The van der Waals surface area contributed by atoms with E-state index in [4.69, 9.17) is 5.73 Å². The second-order valence-electron chi connectivity index (χ2n) is 11.2. The topological polar surface area (TPSA) is 43.1 Å². The number of unbranched alkanes of at least 4 members (excludes halogenated alkanes) is 22. The Balaban J connectivity index is 3.59. The maximum atomic E-state index is 11.3. The average molecular weight is 480 g/mol. The third-order valence-corrected chi connectivity index (χ3v) is 7.73. The molecule has 0 radical (unpaired) electrons. The first kappa shape index (κ1) is 33.5. The van der Waals surface area contributed by atoms with E-state index < -0.39 is 0 Å². The van der Waals surface area contributed by atoms with Gasteiger partial charge in [-0.05, 0) is 12.3 Å². The van der Waals surface area contributed by atoms with E-state index in [0.717, 1.165) is 12.3 Å². The van der Waals surface area contributed by atoms with E-state index in [0.29, 0.717) is 6.42 Å². The molecule has 0 aliphatic carbocycles. The highest BCUT2D eigenvalue weighted by molar-refractivity contribution is 5.73. The van der Waals surface area contributed by atoms with Crippen LogP contribution in [0.1, 0.15) is 194 Å². The van der Waals surface area contributed by atoms with Gasteiger partial charge in [-0.1, -0.05) is 181 Å². The van der Waals surface area contributed by atoms with E-state index in [1.54, 1.807) is 0 Å². The summed E-state index contributed by atoms with van der Waals surface area (Å²) in [5, 5.41) is 0. The highest BCUT2D eigenvalue weighted by atomic mass is 16.1. The van der Waals surface area contributed by atoms with E-state index in [1.165, 1.54) is 167 Å². The summed E-state index contributed by atoms with van der Waals surface area (Å²) in [6.45, 7) is 4.58. The lowest BCUT2D eigenvalue weighted by molar-refractivity contribution is -0.118. The largest absolute Gasteiger partial charge is 0.370 e. The second-order valence-corrected chi connectivity index (χ2v) is 11.2. The maximum Gasteiger partial charge on any atom is 0.217 e. The number of nitrogens with two attached hydrogens (primary N) is 1. The summed E-state index contributed by atoms with van der Waals surface area (Å²) in [6, 6.07) is 0. The van der Waals surface area contributed by atoms with Gasteiger partial charge in [0.15, 0.2) is 0 Å². The monoisotopic (exact) mass is 480 g/mol. The Labute approximate surface area is 216 Å². The highest BCUT2D eigenvalue weighted by Crippen LogP contribution is 2.23. The summed E-state index contributed by atoms with van der Waals surface area (Å²) in [5.74, 6) is 0.605. The molecular weight excluding hydrogens is 414 g/mol. The quantitative estimate of drug-likeness (QED) is 0.106. The van der Waals surface area contributed by atoms with Crippen molar-refractivity contribution in [3.05, 3.63) is 0 Å². The van der Waals surface area contributed by atoms with Crippen LogP contribution in [0, 0.1) is 5.92 Å². The molecule has 204 valence electrons. The Morgan fingerprint density at radius 2 is 0.706 bits per heavy atom. The van der Waals surface area contributed by atoms with Gasteiger partial charge in [0.1, 0.15) is 0 Å². The molecule has 0 aromatic rings. The second kappa shape index (κ2) is 28.7. The van der Waals surface area contributed by atoms with E-state index in [-0.39, 0.29) is 5.91 Å². The number of carbonyl (C=O) groups excluding carboxylic acids is 1. The molecule has 0 spiro atoms. The first-order chi connectivity index (χ1) is 16.7. The molecule has 0 bridgehead atoms. The molecule has 34 heavy (non-hydrogen) atoms. The highest BCUT2D eigenvalue weighted by Gasteiger charge is 2.10. The van der Waals surface area contributed by atoms with Crippen molar-refractivity contribution in [2.45, 2.75) is 194 Å². The number of amides is 1. The number of hydrogen-bond donors (Lipinski definition) is 1. The molecular formula is C32H65NO. The van der Waals surface area contributed by atoms with Crippen molar-refractivity contribution >= 4 is 5.91 Å². The van der Waals surface area contributed by atoms with Gasteiger partial charge in [-0.15, -0.1) is 0 Å². The minimum atomic E-state index is -0.117. The van der Waals surface area contributed by atoms with Crippen molar-refractivity contribution in [3.63, 3.8) is 0 Å². The SMILES string of the molecule is CCCCCCCCCCCCCCCCC(CCCCCCCCCCCC)CCC(N)=O. The zero-order valence-corrected chi connectivity index (χ0v) is 23.9. The van der Waals surface area contributed by atoms with Gasteiger partial charge in [0, 0.05) is 6.42 Å². The minimum absolute atomic E-state index is 0.117. The van der Waals surface area contributed by atoms with E-state index in [1.807, 2.05) is 0 Å². The van der Waals surface area contributed by atoms with E-state index in [2.05, 4.69) is 13.8 Å². The van der Waals surface area contributed by atoms with E-state index >= 15 is 0 Å². The normalized spacial score (nSPS) is 12.3. The Kier molecular flexibility index (Phi) is 28.3. The summed E-state index contributed by atoms with van der Waals surface area (Å²) in [6.07, 6.45) is 38.1. The molecule has 1 unspecified atom stereocenters. The van der Waals surface area contributed by atoms with Crippen LogP contribution in [0.4, 0.5) is 0 Å². The molecule has 1 amide bonds. The summed E-state index contributed by atoms with van der Waals surface area (Å²) in [5.41, 5.74) is 5.44. The van der Waals surface area contributed by atoms with Crippen LogP contribution < -0.4 is 5.73 Å². The van der Waals surface area contributed by atoms with Crippen molar-refractivity contribution in [1.82, 2.24) is 0 Å². The van der Waals surface area contributed by atoms with Crippen LogP contribution in [0.3, 0.4) is 0 Å². The molecule has 0 heterocycles. The molecule has 0 aromatic heterocycles. The predicted octanol–water partition coefficient (Wildman–Crippen LogP) is 11.1. The van der Waals surface area contributed by atoms with Crippen molar-refractivity contribution < 1.29 is 4.79 Å². The molecule has 0 rings (SSSR count). The number of carbonyl (C=O) groups is 1. The lowest BCUT2D eigenvalue weighted by Crippen LogP contribution is -2.13. The molecule has 1 atom stereocenters. The van der Waals surface area contributed by atoms with Crippen LogP contribution in [0.15, 0.2) is 0 Å². The fraction of sp³-hybridized carbons (Fsp3) is 0.969. The van der Waals surface area contributed by atoms with Gasteiger partial charge in [-0.25, -0.2) is 0 Å². The van der Waals surface area contributed by atoms with Gasteiger partial charge in [0.05, 0.1) is 0 Å². The Morgan fingerprint density at radius 1 is 0.441 bits per heavy atom. The minimum Gasteiger partial charge on any atom is -0.370 e. The van der Waals surface area contributed by atoms with Gasteiger partial charge in [0.2, 0.25) is 5.91 Å². The number of hydrogen-bond acceptors (Lipinski definition) is 1. The third kappa shape index (κ3) is 27.7. The zero-order valence-electron chi connectivity index (χ0n) is 23.9. The molecule has 2 heteroatoms. The van der Waals surface area contributed by atoms with Crippen molar-refractivity contribution in [1.29, 1.82) is 0 Å². The van der Waals surface area contributed by atoms with Crippen LogP contribution >= 0.6 is 0 Å². The molecule has 0 fully saturated rings. The van der Waals surface area contributed by atoms with Crippen LogP contribution in [0.5, 0.6) is 0 Å². The number of primary amides is 1. The molecule has 2 N–H and O–H groups in total. The first-order valence-electron chi connectivity index (χ1n) is 16.0. The smallest absolute Gasteiger partial charge is 0.217 e. The molecule has 2 nitrogen and oxygen atoms in total. The summed E-state index contributed by atoms with van der Waals surface area (Å²) in [7, 11) is 0. The van der Waals surface area contributed by atoms with Crippen LogP contribution in [0.25, 0.3) is 0 Å². The van der Waals surface area contributed by atoms with Crippen LogP contribution in [-0.2, 0) is 4.79 Å². The van der Waals surface area contributed by atoms with Gasteiger partial charge < -0.3 is 5.73 Å². The Bertz CT molecular complexity index is 394. The molecule has 0 aromatic carbocycles. The standard InChI is InChI=1S/C32H65NO/c1-3-5-7-9-11-13-15-16-17-18-20-22-24-26-28-31(29-30-32(33)34)27-25-23-21-19-14-12-10-8-6-4-2/h31H,3-30H2,1-2H3,(H2,33,34). The summed E-state index contributed by atoms with van der Waals surface area (Å²) >= 11 is 0. The van der Waals surface area contributed by atoms with Gasteiger partial charge in [0.25, 0.3) is 0 Å². The van der Waals surface area contributed by atoms with Crippen molar-refractivity contribution in [2.24, 2.45) is 11.7 Å². The van der Waals surface area contributed by atoms with Gasteiger partial charge in [-0.3, -0.25) is 4.79 Å². The fourth-order valence-corrected chi connectivity index (χ4v) is 5.33. The number of rotatable bonds is 29. The predicted molar refractivity (Wildman–Crippen MR) is 153 cm³/mol. The van der Waals surface area contributed by atoms with Crippen molar-refractivity contribution in [2.75, 3.05) is 0 Å². The van der Waals surface area contributed by atoms with E-state index in [9.17, 15) is 4.79 Å². The van der Waals surface area contributed by atoms with Crippen LogP contribution in [0.2, 0.25) is 0 Å². The lowest BCUT2D eigenvalue weighted by atomic mass is 9.90. The Morgan fingerprint density at radius 3 is 0.971 bits per heavy atom. The Hall–Kier alpha value is -0.530. The van der Waals surface area contributed by atoms with Gasteiger partial charge in [-0.2, -0.15) is 0 Å². The fourth-order valence-electron chi connectivity index (χ4n) is 5.33. The maximum absolute atomic E-state index is 11.3. The zero-order chi connectivity index (χ0) is 25.0.